The van der Waals surface area contributed by atoms with Crippen LogP contribution in [0.15, 0.2) is 0 Å². The van der Waals surface area contributed by atoms with Crippen LogP contribution in [0.25, 0.3) is 0 Å². The Labute approximate surface area is 161 Å². The molecule has 27 heavy (non-hydrogen) atoms. The normalized spacial score (nSPS) is 26.2. The number of carbonyl (C=O) groups excluding carboxylic acids is 2. The Bertz CT molecular complexity index is 521. The highest BCUT2D eigenvalue weighted by Gasteiger charge is 2.36. The van der Waals surface area contributed by atoms with Crippen LogP contribution in [0.5, 0.6) is 0 Å². The van der Waals surface area contributed by atoms with Gasteiger partial charge in [-0.15, -0.1) is 0 Å². The first kappa shape index (κ1) is 21.7. The Morgan fingerprint density at radius 2 is 1.41 bits per heavy atom. The number of ether oxygens (including phenoxy) is 2. The first-order valence-corrected chi connectivity index (χ1v) is 10.2. The van der Waals surface area contributed by atoms with Crippen LogP contribution >= 0.6 is 0 Å². The average Bonchev–Trinajstić information content (AvgIpc) is 2.67. The van der Waals surface area contributed by atoms with Gasteiger partial charge in [0.05, 0.1) is 11.8 Å². The molecule has 2 unspecified atom stereocenters. The van der Waals surface area contributed by atoms with Gasteiger partial charge in [-0.1, -0.05) is 33.1 Å². The first-order chi connectivity index (χ1) is 12.8. The first-order valence-electron chi connectivity index (χ1n) is 10.2. The van der Waals surface area contributed by atoms with E-state index in [1.54, 1.807) is 13.8 Å². The fourth-order valence-electron chi connectivity index (χ4n) is 3.98. The molecule has 0 radical (unpaired) electrons. The summed E-state index contributed by atoms with van der Waals surface area (Å²) in [6.07, 6.45) is 6.28. The second kappa shape index (κ2) is 10.1. The minimum absolute atomic E-state index is 0.0142. The molecule has 0 heterocycles. The van der Waals surface area contributed by atoms with Crippen molar-refractivity contribution in [2.24, 2.45) is 29.4 Å². The van der Waals surface area contributed by atoms with E-state index in [0.717, 1.165) is 32.1 Å². The monoisotopic (exact) mass is 383 g/mol. The number of carboxylic acids is 1. The molecule has 0 saturated heterocycles. The van der Waals surface area contributed by atoms with Crippen LogP contribution < -0.4 is 5.73 Å². The van der Waals surface area contributed by atoms with Crippen molar-refractivity contribution in [1.82, 2.24) is 0 Å². The summed E-state index contributed by atoms with van der Waals surface area (Å²) < 4.78 is 11.1. The Hall–Kier alpha value is -1.63. The van der Waals surface area contributed by atoms with Crippen LogP contribution in [-0.4, -0.2) is 35.3 Å². The van der Waals surface area contributed by atoms with Crippen LogP contribution in [-0.2, 0) is 23.9 Å². The summed E-state index contributed by atoms with van der Waals surface area (Å²) in [5, 5.41) is 9.09. The van der Waals surface area contributed by atoms with E-state index in [1.165, 1.54) is 0 Å². The molecule has 2 aliphatic carbocycles. The number of rotatable bonds is 7. The summed E-state index contributed by atoms with van der Waals surface area (Å²) in [6.45, 7) is 3.49. The maximum Gasteiger partial charge on any atom is 0.326 e. The van der Waals surface area contributed by atoms with E-state index in [-0.39, 0.29) is 29.6 Å². The number of nitrogens with two attached hydrogens (primary N) is 1. The molecular formula is C20H33NO6. The Morgan fingerprint density at radius 3 is 1.93 bits per heavy atom. The fraction of sp³-hybridized carbons (Fsp3) is 0.850. The molecule has 154 valence electrons. The number of carbonyl (C=O) groups is 3. The Morgan fingerprint density at radius 1 is 0.852 bits per heavy atom. The lowest BCUT2D eigenvalue weighted by molar-refractivity contribution is -0.204. The van der Waals surface area contributed by atoms with Gasteiger partial charge in [0.15, 0.2) is 0 Å². The molecule has 0 aromatic carbocycles. The molecule has 0 amide bonds. The van der Waals surface area contributed by atoms with Crippen LogP contribution in [0.2, 0.25) is 0 Å². The lowest BCUT2D eigenvalue weighted by Gasteiger charge is -2.33. The van der Waals surface area contributed by atoms with Crippen molar-refractivity contribution in [2.75, 3.05) is 0 Å². The van der Waals surface area contributed by atoms with Crippen molar-refractivity contribution in [2.45, 2.75) is 84.0 Å². The molecule has 2 saturated carbocycles. The van der Waals surface area contributed by atoms with Gasteiger partial charge in [-0.2, -0.15) is 0 Å². The van der Waals surface area contributed by atoms with Gasteiger partial charge < -0.3 is 20.3 Å². The second-order valence-corrected chi connectivity index (χ2v) is 8.27. The summed E-state index contributed by atoms with van der Waals surface area (Å²) >= 11 is 0. The summed E-state index contributed by atoms with van der Waals surface area (Å²) in [6, 6.07) is -0.816. The van der Waals surface area contributed by atoms with Crippen LogP contribution in [0, 0.1) is 23.7 Å². The minimum Gasteiger partial charge on any atom is -0.481 e. The zero-order chi connectivity index (χ0) is 20.0. The molecule has 7 heteroatoms. The van der Waals surface area contributed by atoms with Crippen LogP contribution in [0.3, 0.4) is 0 Å². The molecule has 7 nitrogen and oxygen atoms in total. The average molecular weight is 383 g/mol. The molecule has 3 N–H and O–H groups in total. The molecule has 0 bridgehead atoms. The van der Waals surface area contributed by atoms with Crippen molar-refractivity contribution in [3.8, 4) is 0 Å². The number of hydrogen-bond donors (Lipinski definition) is 2. The van der Waals surface area contributed by atoms with Gasteiger partial charge in [-0.05, 0) is 44.4 Å². The SMILES string of the molecule is CC(C)C(=O)OC(OC(=O)C(N)C1CCC(C(=O)O)CC1)C1CCCCC1. The summed E-state index contributed by atoms with van der Waals surface area (Å²) in [5.74, 6) is -2.46. The van der Waals surface area contributed by atoms with E-state index in [9.17, 15) is 14.4 Å². The van der Waals surface area contributed by atoms with Gasteiger partial charge in [-0.3, -0.25) is 14.4 Å². The van der Waals surface area contributed by atoms with Gasteiger partial charge in [0, 0.05) is 5.92 Å². The Kier molecular flexibility index (Phi) is 8.07. The van der Waals surface area contributed by atoms with Crippen molar-refractivity contribution in [1.29, 1.82) is 0 Å². The topological polar surface area (TPSA) is 116 Å². The summed E-state index contributed by atoms with van der Waals surface area (Å²) in [5.41, 5.74) is 6.12. The van der Waals surface area contributed by atoms with Crippen molar-refractivity contribution < 1.29 is 29.0 Å². The van der Waals surface area contributed by atoms with Gasteiger partial charge in [0.25, 0.3) is 0 Å². The molecule has 0 aromatic heterocycles. The van der Waals surface area contributed by atoms with Crippen molar-refractivity contribution in [3.05, 3.63) is 0 Å². The smallest absolute Gasteiger partial charge is 0.326 e. The number of hydrogen-bond acceptors (Lipinski definition) is 6. The maximum absolute atomic E-state index is 12.6. The van der Waals surface area contributed by atoms with Crippen LogP contribution in [0.1, 0.15) is 71.6 Å². The van der Waals surface area contributed by atoms with Gasteiger partial charge in [0.1, 0.15) is 6.04 Å². The second-order valence-electron chi connectivity index (χ2n) is 8.27. The third-order valence-electron chi connectivity index (χ3n) is 5.87. The number of aliphatic carboxylic acids is 1. The lowest BCUT2D eigenvalue weighted by Crippen LogP contribution is -2.45. The molecule has 2 atom stereocenters. The van der Waals surface area contributed by atoms with E-state index < -0.39 is 24.3 Å². The van der Waals surface area contributed by atoms with E-state index in [4.69, 9.17) is 20.3 Å². The molecule has 0 aliphatic heterocycles. The predicted molar refractivity (Wildman–Crippen MR) is 98.4 cm³/mol. The van der Waals surface area contributed by atoms with Crippen LogP contribution in [0.4, 0.5) is 0 Å². The predicted octanol–water partition coefficient (Wildman–Crippen LogP) is 2.85. The van der Waals surface area contributed by atoms with Crippen molar-refractivity contribution in [3.63, 3.8) is 0 Å². The number of carboxylic acid groups (broad SMARTS) is 1. The molecule has 2 aliphatic rings. The third-order valence-corrected chi connectivity index (χ3v) is 5.87. The standard InChI is InChI=1S/C20H33NO6/c1-12(2)18(24)26-20(15-6-4-3-5-7-15)27-19(25)16(21)13-8-10-14(11-9-13)17(22)23/h12-16,20H,3-11,21H2,1-2H3,(H,22,23). The fourth-order valence-corrected chi connectivity index (χ4v) is 3.98. The largest absolute Gasteiger partial charge is 0.481 e. The highest BCUT2D eigenvalue weighted by Crippen LogP contribution is 2.32. The molecule has 0 aromatic rings. The van der Waals surface area contributed by atoms with Gasteiger partial charge in [-0.25, -0.2) is 0 Å². The molecule has 2 fully saturated rings. The van der Waals surface area contributed by atoms with E-state index >= 15 is 0 Å². The molecular weight excluding hydrogens is 350 g/mol. The zero-order valence-electron chi connectivity index (χ0n) is 16.4. The van der Waals surface area contributed by atoms with Gasteiger partial charge in [0.2, 0.25) is 6.29 Å². The summed E-state index contributed by atoms with van der Waals surface area (Å²) in [7, 11) is 0. The zero-order valence-corrected chi connectivity index (χ0v) is 16.4. The summed E-state index contributed by atoms with van der Waals surface area (Å²) in [4.78, 5) is 35.7. The quantitative estimate of drug-likeness (QED) is 0.513. The third kappa shape index (κ3) is 6.19. The highest BCUT2D eigenvalue weighted by molar-refractivity contribution is 5.77. The van der Waals surface area contributed by atoms with Crippen molar-refractivity contribution >= 4 is 17.9 Å². The number of esters is 2. The van der Waals surface area contributed by atoms with Gasteiger partial charge >= 0.3 is 17.9 Å². The van der Waals surface area contributed by atoms with E-state index in [2.05, 4.69) is 0 Å². The molecule has 0 spiro atoms. The Balaban J connectivity index is 1.95. The van der Waals surface area contributed by atoms with E-state index in [0.29, 0.717) is 25.7 Å². The van der Waals surface area contributed by atoms with E-state index in [1.807, 2.05) is 0 Å². The minimum atomic E-state index is -0.880. The maximum atomic E-state index is 12.6. The highest BCUT2D eigenvalue weighted by atomic mass is 16.7. The molecule has 2 rings (SSSR count). The lowest BCUT2D eigenvalue weighted by atomic mass is 9.79.